The van der Waals surface area contributed by atoms with E-state index in [0.717, 1.165) is 17.4 Å². The van der Waals surface area contributed by atoms with Crippen LogP contribution >= 0.6 is 23.4 Å². The minimum atomic E-state index is -0.446. The van der Waals surface area contributed by atoms with E-state index in [0.29, 0.717) is 11.6 Å². The van der Waals surface area contributed by atoms with E-state index in [2.05, 4.69) is 5.32 Å². The predicted octanol–water partition coefficient (Wildman–Crippen LogP) is 2.86. The van der Waals surface area contributed by atoms with Crippen molar-refractivity contribution in [3.05, 3.63) is 34.9 Å². The first-order valence-electron chi connectivity index (χ1n) is 6.01. The number of thioether (sulfide) groups is 1. The summed E-state index contributed by atoms with van der Waals surface area (Å²) in [6, 6.07) is 7.37. The Kier molecular flexibility index (Phi) is 5.16. The van der Waals surface area contributed by atoms with Gasteiger partial charge in [-0.2, -0.15) is 11.8 Å². The highest BCUT2D eigenvalue weighted by Crippen LogP contribution is 2.25. The summed E-state index contributed by atoms with van der Waals surface area (Å²) in [7, 11) is 0. The van der Waals surface area contributed by atoms with Gasteiger partial charge in [-0.1, -0.05) is 23.7 Å². The maximum atomic E-state index is 9.97. The summed E-state index contributed by atoms with van der Waals surface area (Å²) in [6.45, 7) is 1.61. The van der Waals surface area contributed by atoms with Gasteiger partial charge in [-0.15, -0.1) is 0 Å². The molecule has 4 heteroatoms. The lowest BCUT2D eigenvalue weighted by atomic mass is 10.1. The first-order chi connectivity index (χ1) is 8.25. The zero-order valence-electron chi connectivity index (χ0n) is 9.73. The van der Waals surface area contributed by atoms with Crippen LogP contribution in [0.4, 0.5) is 0 Å². The number of hydrogen-bond acceptors (Lipinski definition) is 3. The van der Waals surface area contributed by atoms with Gasteiger partial charge in [-0.25, -0.2) is 0 Å². The smallest absolute Gasteiger partial charge is 0.0914 e. The Morgan fingerprint density at radius 1 is 1.41 bits per heavy atom. The molecule has 1 aliphatic heterocycles. The Bertz CT molecular complexity index is 338. The van der Waals surface area contributed by atoms with Gasteiger partial charge in [0.2, 0.25) is 0 Å². The molecule has 1 aliphatic rings. The Balaban J connectivity index is 1.72. The van der Waals surface area contributed by atoms with Gasteiger partial charge in [-0.3, -0.25) is 0 Å². The Hall–Kier alpha value is -0.220. The second kappa shape index (κ2) is 6.64. The standard InChI is InChI=1S/C13H18ClNOS/c14-11-5-3-10(4-6-11)13(16)9-15-8-12-2-1-7-17-12/h3-6,12-13,15-16H,1-2,7-9H2. The summed E-state index contributed by atoms with van der Waals surface area (Å²) >= 11 is 7.84. The highest BCUT2D eigenvalue weighted by Gasteiger charge is 2.15. The molecule has 2 unspecified atom stereocenters. The fourth-order valence-corrected chi connectivity index (χ4v) is 3.35. The van der Waals surface area contributed by atoms with Crippen LogP contribution < -0.4 is 5.32 Å². The van der Waals surface area contributed by atoms with Crippen LogP contribution in [0.5, 0.6) is 0 Å². The molecule has 0 saturated carbocycles. The van der Waals surface area contributed by atoms with Gasteiger partial charge in [-0.05, 0) is 36.3 Å². The molecule has 0 radical (unpaired) electrons. The van der Waals surface area contributed by atoms with Crippen LogP contribution in [0.25, 0.3) is 0 Å². The first kappa shape index (κ1) is 13.2. The van der Waals surface area contributed by atoms with Crippen molar-refractivity contribution < 1.29 is 5.11 Å². The van der Waals surface area contributed by atoms with Crippen LogP contribution in [0.3, 0.4) is 0 Å². The molecule has 0 spiro atoms. The molecule has 1 heterocycles. The van der Waals surface area contributed by atoms with Crippen LogP contribution in [0.2, 0.25) is 5.02 Å². The van der Waals surface area contributed by atoms with Crippen molar-refractivity contribution in [2.24, 2.45) is 0 Å². The van der Waals surface area contributed by atoms with Gasteiger partial charge < -0.3 is 10.4 Å². The molecule has 0 aromatic heterocycles. The third-order valence-corrected chi connectivity index (χ3v) is 4.64. The van der Waals surface area contributed by atoms with Crippen molar-refractivity contribution in [3.8, 4) is 0 Å². The van der Waals surface area contributed by atoms with Crippen molar-refractivity contribution in [2.75, 3.05) is 18.8 Å². The molecule has 1 fully saturated rings. The molecule has 94 valence electrons. The van der Waals surface area contributed by atoms with Gasteiger partial charge >= 0.3 is 0 Å². The average molecular weight is 272 g/mol. The van der Waals surface area contributed by atoms with Crippen LogP contribution in [0, 0.1) is 0 Å². The lowest BCUT2D eigenvalue weighted by Crippen LogP contribution is -2.27. The summed E-state index contributed by atoms with van der Waals surface area (Å²) in [4.78, 5) is 0. The minimum absolute atomic E-state index is 0.446. The maximum absolute atomic E-state index is 9.97. The second-order valence-electron chi connectivity index (χ2n) is 4.36. The van der Waals surface area contributed by atoms with Gasteiger partial charge in [0.05, 0.1) is 6.10 Å². The van der Waals surface area contributed by atoms with Gasteiger partial charge in [0.15, 0.2) is 0 Å². The molecule has 0 bridgehead atoms. The van der Waals surface area contributed by atoms with Crippen molar-refractivity contribution in [3.63, 3.8) is 0 Å². The molecule has 2 rings (SSSR count). The van der Waals surface area contributed by atoms with E-state index in [1.807, 2.05) is 36.0 Å². The quantitative estimate of drug-likeness (QED) is 0.864. The lowest BCUT2D eigenvalue weighted by Gasteiger charge is -2.14. The molecule has 1 aromatic rings. The van der Waals surface area contributed by atoms with Crippen LogP contribution in [-0.2, 0) is 0 Å². The van der Waals surface area contributed by atoms with Gasteiger partial charge in [0.25, 0.3) is 0 Å². The van der Waals surface area contributed by atoms with Gasteiger partial charge in [0, 0.05) is 23.4 Å². The number of halogens is 1. The van der Waals surface area contributed by atoms with Crippen molar-refractivity contribution in [1.29, 1.82) is 0 Å². The average Bonchev–Trinajstić information content (AvgIpc) is 2.83. The van der Waals surface area contributed by atoms with Crippen molar-refractivity contribution in [1.82, 2.24) is 5.32 Å². The zero-order valence-corrected chi connectivity index (χ0v) is 11.3. The Labute approximate surface area is 112 Å². The largest absolute Gasteiger partial charge is 0.387 e. The number of aliphatic hydroxyl groups is 1. The van der Waals surface area contributed by atoms with E-state index in [1.165, 1.54) is 18.6 Å². The highest BCUT2D eigenvalue weighted by molar-refractivity contribution is 8.00. The fraction of sp³-hybridized carbons (Fsp3) is 0.538. The van der Waals surface area contributed by atoms with E-state index in [1.54, 1.807) is 0 Å². The Morgan fingerprint density at radius 3 is 2.82 bits per heavy atom. The normalized spacial score (nSPS) is 21.6. The summed E-state index contributed by atoms with van der Waals surface area (Å²) in [5, 5.41) is 14.7. The minimum Gasteiger partial charge on any atom is -0.387 e. The summed E-state index contributed by atoms with van der Waals surface area (Å²) < 4.78 is 0. The number of rotatable bonds is 5. The molecule has 2 N–H and O–H groups in total. The second-order valence-corrected chi connectivity index (χ2v) is 6.21. The fourth-order valence-electron chi connectivity index (χ4n) is 1.99. The molecule has 1 aromatic carbocycles. The zero-order chi connectivity index (χ0) is 12.1. The summed E-state index contributed by atoms with van der Waals surface area (Å²) in [5.41, 5.74) is 0.918. The van der Waals surface area contributed by atoms with Gasteiger partial charge in [0.1, 0.15) is 0 Å². The molecular weight excluding hydrogens is 254 g/mol. The maximum Gasteiger partial charge on any atom is 0.0914 e. The number of aliphatic hydroxyl groups excluding tert-OH is 1. The lowest BCUT2D eigenvalue weighted by molar-refractivity contribution is 0.175. The molecule has 0 amide bonds. The molecule has 17 heavy (non-hydrogen) atoms. The first-order valence-corrected chi connectivity index (χ1v) is 7.44. The SMILES string of the molecule is OC(CNCC1CCCS1)c1ccc(Cl)cc1. The van der Waals surface area contributed by atoms with Crippen LogP contribution in [0.15, 0.2) is 24.3 Å². The van der Waals surface area contributed by atoms with Crippen molar-refractivity contribution >= 4 is 23.4 Å². The van der Waals surface area contributed by atoms with Crippen molar-refractivity contribution in [2.45, 2.75) is 24.2 Å². The molecular formula is C13H18ClNOS. The molecule has 1 saturated heterocycles. The number of benzene rings is 1. The van der Waals surface area contributed by atoms with E-state index < -0.39 is 6.10 Å². The summed E-state index contributed by atoms with van der Waals surface area (Å²) in [5.74, 6) is 1.28. The molecule has 2 nitrogen and oxygen atoms in total. The third kappa shape index (κ3) is 4.18. The van der Waals surface area contributed by atoms with Crippen LogP contribution in [-0.4, -0.2) is 29.2 Å². The predicted molar refractivity (Wildman–Crippen MR) is 74.8 cm³/mol. The van der Waals surface area contributed by atoms with E-state index >= 15 is 0 Å². The number of nitrogens with one attached hydrogen (secondary N) is 1. The molecule has 0 aliphatic carbocycles. The monoisotopic (exact) mass is 271 g/mol. The summed E-state index contributed by atoms with van der Waals surface area (Å²) in [6.07, 6.45) is 2.18. The highest BCUT2D eigenvalue weighted by atomic mass is 35.5. The van der Waals surface area contributed by atoms with Crippen LogP contribution in [0.1, 0.15) is 24.5 Å². The number of hydrogen-bond donors (Lipinski definition) is 2. The topological polar surface area (TPSA) is 32.3 Å². The van der Waals surface area contributed by atoms with E-state index in [-0.39, 0.29) is 0 Å². The van der Waals surface area contributed by atoms with E-state index in [9.17, 15) is 5.11 Å². The Morgan fingerprint density at radius 2 is 2.18 bits per heavy atom. The van der Waals surface area contributed by atoms with E-state index in [4.69, 9.17) is 11.6 Å². The third-order valence-electron chi connectivity index (χ3n) is 2.99. The molecule has 2 atom stereocenters.